The Labute approximate surface area is 94.1 Å². The molecule has 0 spiro atoms. The maximum atomic E-state index is 11.6. The molecule has 1 saturated heterocycles. The zero-order valence-electron chi connectivity index (χ0n) is 8.91. The van der Waals surface area contributed by atoms with Crippen LogP contribution in [-0.2, 0) is 11.3 Å². The molecule has 0 bridgehead atoms. The van der Waals surface area contributed by atoms with Gasteiger partial charge >= 0.3 is 0 Å². The van der Waals surface area contributed by atoms with Crippen LogP contribution in [0.5, 0.6) is 0 Å². The van der Waals surface area contributed by atoms with E-state index < -0.39 is 6.10 Å². The molecule has 0 radical (unpaired) electrons. The van der Waals surface area contributed by atoms with Gasteiger partial charge in [-0.2, -0.15) is 0 Å². The number of aliphatic hydroxyl groups excluding tert-OH is 2. The van der Waals surface area contributed by atoms with Crippen molar-refractivity contribution >= 4 is 5.91 Å². The predicted octanol–water partition coefficient (Wildman–Crippen LogP) is 0.141. The van der Waals surface area contributed by atoms with Crippen molar-refractivity contribution in [3.8, 4) is 0 Å². The normalized spacial score (nSPS) is 25.1. The number of hydrogen-bond donors (Lipinski definition) is 2. The summed E-state index contributed by atoms with van der Waals surface area (Å²) < 4.78 is 0. The van der Waals surface area contributed by atoms with Crippen LogP contribution in [0.15, 0.2) is 30.3 Å². The molecule has 2 atom stereocenters. The number of hydrogen-bond acceptors (Lipinski definition) is 3. The van der Waals surface area contributed by atoms with Gasteiger partial charge < -0.3 is 15.1 Å². The van der Waals surface area contributed by atoms with E-state index in [1.807, 2.05) is 30.3 Å². The molecule has 1 aliphatic rings. The van der Waals surface area contributed by atoms with Crippen LogP contribution in [0.1, 0.15) is 12.0 Å². The van der Waals surface area contributed by atoms with Crippen molar-refractivity contribution in [2.45, 2.75) is 25.1 Å². The van der Waals surface area contributed by atoms with Crippen LogP contribution in [0.3, 0.4) is 0 Å². The van der Waals surface area contributed by atoms with E-state index in [9.17, 15) is 9.90 Å². The van der Waals surface area contributed by atoms with Gasteiger partial charge in [-0.15, -0.1) is 0 Å². The molecular weight excluding hydrogens is 206 g/mol. The number of nitrogens with zero attached hydrogens (tertiary/aromatic N) is 1. The Hall–Kier alpha value is -1.39. The first-order valence-corrected chi connectivity index (χ1v) is 5.35. The Kier molecular flexibility index (Phi) is 3.22. The summed E-state index contributed by atoms with van der Waals surface area (Å²) >= 11 is 0. The summed E-state index contributed by atoms with van der Waals surface area (Å²) in [5, 5.41) is 18.6. The molecule has 2 rings (SSSR count). The quantitative estimate of drug-likeness (QED) is 0.763. The summed E-state index contributed by atoms with van der Waals surface area (Å²) in [6.07, 6.45) is -0.636. The van der Waals surface area contributed by atoms with Gasteiger partial charge in [-0.25, -0.2) is 0 Å². The van der Waals surface area contributed by atoms with Crippen LogP contribution in [0.2, 0.25) is 0 Å². The number of amides is 1. The smallest absolute Gasteiger partial charge is 0.252 e. The van der Waals surface area contributed by atoms with E-state index in [2.05, 4.69) is 0 Å². The van der Waals surface area contributed by atoms with Gasteiger partial charge in [-0.3, -0.25) is 4.79 Å². The number of benzene rings is 1. The lowest BCUT2D eigenvalue weighted by Gasteiger charge is -2.22. The van der Waals surface area contributed by atoms with Crippen LogP contribution in [0.25, 0.3) is 0 Å². The highest BCUT2D eigenvalue weighted by atomic mass is 16.3. The van der Waals surface area contributed by atoms with Gasteiger partial charge in [0.2, 0.25) is 0 Å². The minimum atomic E-state index is -0.958. The fourth-order valence-corrected chi connectivity index (χ4v) is 2.02. The average Bonchev–Trinajstić information content (AvgIpc) is 2.58. The van der Waals surface area contributed by atoms with Gasteiger partial charge in [0.25, 0.3) is 5.91 Å². The number of aliphatic hydroxyl groups is 2. The second-order valence-corrected chi connectivity index (χ2v) is 4.04. The van der Waals surface area contributed by atoms with Gasteiger partial charge in [0.1, 0.15) is 6.10 Å². The maximum Gasteiger partial charge on any atom is 0.252 e. The molecule has 86 valence electrons. The van der Waals surface area contributed by atoms with E-state index in [-0.39, 0.29) is 18.6 Å². The molecule has 1 heterocycles. The molecule has 1 fully saturated rings. The predicted molar refractivity (Wildman–Crippen MR) is 58.5 cm³/mol. The second kappa shape index (κ2) is 4.63. The first kappa shape index (κ1) is 11.1. The van der Waals surface area contributed by atoms with E-state index in [0.29, 0.717) is 13.0 Å². The highest BCUT2D eigenvalue weighted by Crippen LogP contribution is 2.21. The lowest BCUT2D eigenvalue weighted by atomic mass is 10.2. The maximum absolute atomic E-state index is 11.6. The van der Waals surface area contributed by atoms with E-state index >= 15 is 0 Å². The van der Waals surface area contributed by atoms with Crippen molar-refractivity contribution in [1.82, 2.24) is 4.90 Å². The number of carbonyl (C=O) groups excluding carboxylic acids is 1. The Bertz CT molecular complexity index is 366. The Morgan fingerprint density at radius 2 is 2.00 bits per heavy atom. The van der Waals surface area contributed by atoms with Gasteiger partial charge in [-0.05, 0) is 5.56 Å². The fraction of sp³-hybridized carbons (Fsp3) is 0.417. The zero-order chi connectivity index (χ0) is 11.5. The van der Waals surface area contributed by atoms with Crippen LogP contribution in [0, 0.1) is 0 Å². The Morgan fingerprint density at radius 1 is 1.31 bits per heavy atom. The van der Waals surface area contributed by atoms with Crippen molar-refractivity contribution in [3.05, 3.63) is 35.9 Å². The molecule has 4 nitrogen and oxygen atoms in total. The van der Waals surface area contributed by atoms with E-state index in [1.54, 1.807) is 4.90 Å². The van der Waals surface area contributed by atoms with Crippen molar-refractivity contribution < 1.29 is 15.0 Å². The fourth-order valence-electron chi connectivity index (χ4n) is 2.02. The lowest BCUT2D eigenvalue weighted by molar-refractivity contribution is -0.136. The Morgan fingerprint density at radius 3 is 2.62 bits per heavy atom. The molecule has 0 saturated carbocycles. The van der Waals surface area contributed by atoms with E-state index in [1.165, 1.54) is 0 Å². The summed E-state index contributed by atoms with van der Waals surface area (Å²) in [7, 11) is 0. The first-order valence-electron chi connectivity index (χ1n) is 5.35. The number of carbonyl (C=O) groups is 1. The highest BCUT2D eigenvalue weighted by molar-refractivity contribution is 5.83. The summed E-state index contributed by atoms with van der Waals surface area (Å²) in [6.45, 7) is 0.345. The summed E-state index contributed by atoms with van der Waals surface area (Å²) in [5.41, 5.74) is 1.00. The standard InChI is InChI=1S/C12H15NO3/c14-8-10-6-11(15)12(16)13(10)7-9-4-2-1-3-5-9/h1-5,10-11,14-15H,6-8H2/t10-,11-/m1/s1. The molecule has 0 aromatic heterocycles. The van der Waals surface area contributed by atoms with Gasteiger partial charge in [0.15, 0.2) is 0 Å². The van der Waals surface area contributed by atoms with Gasteiger partial charge in [0.05, 0.1) is 12.6 Å². The summed E-state index contributed by atoms with van der Waals surface area (Å²) in [4.78, 5) is 13.2. The summed E-state index contributed by atoms with van der Waals surface area (Å²) in [6, 6.07) is 9.30. The third kappa shape index (κ3) is 2.08. The van der Waals surface area contributed by atoms with Crippen LogP contribution < -0.4 is 0 Å². The lowest BCUT2D eigenvalue weighted by Crippen LogP contribution is -2.35. The molecular formula is C12H15NO3. The first-order chi connectivity index (χ1) is 7.72. The topological polar surface area (TPSA) is 60.8 Å². The minimum absolute atomic E-state index is 0.102. The van der Waals surface area contributed by atoms with Crippen LogP contribution in [0.4, 0.5) is 0 Å². The van der Waals surface area contributed by atoms with Crippen molar-refractivity contribution in [1.29, 1.82) is 0 Å². The van der Waals surface area contributed by atoms with E-state index in [0.717, 1.165) is 5.56 Å². The monoisotopic (exact) mass is 221 g/mol. The molecule has 0 aliphatic carbocycles. The molecule has 1 aromatic carbocycles. The number of likely N-dealkylation sites (tertiary alicyclic amines) is 1. The molecule has 1 aromatic rings. The molecule has 1 aliphatic heterocycles. The van der Waals surface area contributed by atoms with Crippen molar-refractivity contribution in [2.24, 2.45) is 0 Å². The third-order valence-corrected chi connectivity index (χ3v) is 2.91. The molecule has 4 heteroatoms. The molecule has 16 heavy (non-hydrogen) atoms. The molecule has 1 amide bonds. The minimum Gasteiger partial charge on any atom is -0.394 e. The zero-order valence-corrected chi connectivity index (χ0v) is 8.91. The summed E-state index contributed by atoms with van der Waals surface area (Å²) in [5.74, 6) is -0.289. The third-order valence-electron chi connectivity index (χ3n) is 2.91. The molecule has 0 unspecified atom stereocenters. The van der Waals surface area contributed by atoms with E-state index in [4.69, 9.17) is 5.11 Å². The second-order valence-electron chi connectivity index (χ2n) is 4.04. The van der Waals surface area contributed by atoms with Crippen molar-refractivity contribution in [3.63, 3.8) is 0 Å². The van der Waals surface area contributed by atoms with Crippen molar-refractivity contribution in [2.75, 3.05) is 6.61 Å². The largest absolute Gasteiger partial charge is 0.394 e. The molecule has 2 N–H and O–H groups in total. The van der Waals surface area contributed by atoms with Gasteiger partial charge in [-0.1, -0.05) is 30.3 Å². The number of rotatable bonds is 3. The SMILES string of the molecule is O=C1[C@H](O)C[C@H](CO)N1Cc1ccccc1. The average molecular weight is 221 g/mol. The van der Waals surface area contributed by atoms with Crippen LogP contribution >= 0.6 is 0 Å². The van der Waals surface area contributed by atoms with Gasteiger partial charge in [0, 0.05) is 13.0 Å². The highest BCUT2D eigenvalue weighted by Gasteiger charge is 2.37. The Balaban J connectivity index is 2.11. The van der Waals surface area contributed by atoms with Crippen LogP contribution in [-0.4, -0.2) is 39.8 Å².